The van der Waals surface area contributed by atoms with Crippen LogP contribution in [0.2, 0.25) is 0 Å². The van der Waals surface area contributed by atoms with Gasteiger partial charge in [0.1, 0.15) is 6.04 Å². The monoisotopic (exact) mass is 422 g/mol. The minimum absolute atomic E-state index is 0.207. The zero-order valence-corrected chi connectivity index (χ0v) is 18.0. The van der Waals surface area contributed by atoms with E-state index in [2.05, 4.69) is 5.32 Å². The van der Waals surface area contributed by atoms with Gasteiger partial charge in [0.05, 0.1) is 11.1 Å². The van der Waals surface area contributed by atoms with Crippen LogP contribution in [-0.2, 0) is 14.3 Å². The predicted octanol–water partition coefficient (Wildman–Crippen LogP) is 3.61. The zero-order valence-electron chi connectivity index (χ0n) is 18.0. The third-order valence-electron chi connectivity index (χ3n) is 5.18. The SMILES string of the molecule is CC(C)c1ccccc1NC(=O)COC(=O)[C@@H](C(C)C)N1C(=O)c2ccccc2C1=O. The van der Waals surface area contributed by atoms with Gasteiger partial charge in [-0.15, -0.1) is 0 Å². The lowest BCUT2D eigenvalue weighted by Gasteiger charge is -2.27. The molecule has 3 amide bonds. The number of esters is 1. The van der Waals surface area contributed by atoms with E-state index >= 15 is 0 Å². The average molecular weight is 422 g/mol. The van der Waals surface area contributed by atoms with Gasteiger partial charge in [-0.05, 0) is 35.6 Å². The molecule has 0 unspecified atom stereocenters. The highest BCUT2D eigenvalue weighted by molar-refractivity contribution is 6.22. The lowest BCUT2D eigenvalue weighted by Crippen LogP contribution is -2.49. The van der Waals surface area contributed by atoms with Crippen molar-refractivity contribution >= 4 is 29.4 Å². The molecule has 1 atom stereocenters. The van der Waals surface area contributed by atoms with Crippen LogP contribution in [0.1, 0.15) is 59.9 Å². The highest BCUT2D eigenvalue weighted by Crippen LogP contribution is 2.28. The second-order valence-corrected chi connectivity index (χ2v) is 8.11. The van der Waals surface area contributed by atoms with E-state index in [0.717, 1.165) is 10.5 Å². The van der Waals surface area contributed by atoms with Crippen molar-refractivity contribution in [2.24, 2.45) is 5.92 Å². The number of anilines is 1. The molecule has 31 heavy (non-hydrogen) atoms. The third-order valence-corrected chi connectivity index (χ3v) is 5.18. The van der Waals surface area contributed by atoms with Crippen LogP contribution in [0.3, 0.4) is 0 Å². The summed E-state index contributed by atoms with van der Waals surface area (Å²) in [4.78, 5) is 51.6. The second kappa shape index (κ2) is 9.12. The summed E-state index contributed by atoms with van der Waals surface area (Å²) in [6.45, 7) is 6.95. The van der Waals surface area contributed by atoms with Crippen molar-refractivity contribution < 1.29 is 23.9 Å². The fourth-order valence-corrected chi connectivity index (χ4v) is 3.66. The van der Waals surface area contributed by atoms with Crippen molar-refractivity contribution in [3.63, 3.8) is 0 Å². The van der Waals surface area contributed by atoms with Gasteiger partial charge in [-0.2, -0.15) is 0 Å². The van der Waals surface area contributed by atoms with Crippen molar-refractivity contribution in [3.05, 3.63) is 65.2 Å². The molecule has 1 N–H and O–H groups in total. The van der Waals surface area contributed by atoms with E-state index in [-0.39, 0.29) is 23.0 Å². The first-order chi connectivity index (χ1) is 14.7. The Balaban J connectivity index is 1.69. The summed E-state index contributed by atoms with van der Waals surface area (Å²) < 4.78 is 5.21. The first-order valence-electron chi connectivity index (χ1n) is 10.2. The van der Waals surface area contributed by atoms with Crippen molar-refractivity contribution in [3.8, 4) is 0 Å². The maximum absolute atomic E-state index is 12.8. The summed E-state index contributed by atoms with van der Waals surface area (Å²) in [5, 5.41) is 2.75. The molecule has 0 spiro atoms. The van der Waals surface area contributed by atoms with Gasteiger partial charge in [0, 0.05) is 5.69 Å². The molecule has 0 bridgehead atoms. The van der Waals surface area contributed by atoms with E-state index in [9.17, 15) is 19.2 Å². The lowest BCUT2D eigenvalue weighted by atomic mass is 10.0. The van der Waals surface area contributed by atoms with Crippen LogP contribution in [0.25, 0.3) is 0 Å². The van der Waals surface area contributed by atoms with Gasteiger partial charge in [-0.3, -0.25) is 19.3 Å². The summed E-state index contributed by atoms with van der Waals surface area (Å²) in [5.74, 6) is -2.54. The lowest BCUT2D eigenvalue weighted by molar-refractivity contribution is -0.152. The van der Waals surface area contributed by atoms with Gasteiger partial charge >= 0.3 is 5.97 Å². The number of hydrogen-bond acceptors (Lipinski definition) is 5. The highest BCUT2D eigenvalue weighted by Gasteiger charge is 2.44. The molecular weight excluding hydrogens is 396 g/mol. The first kappa shape index (κ1) is 22.2. The summed E-state index contributed by atoms with van der Waals surface area (Å²) in [6.07, 6.45) is 0. The second-order valence-electron chi connectivity index (χ2n) is 8.11. The number of fused-ring (bicyclic) bond motifs is 1. The quantitative estimate of drug-likeness (QED) is 0.544. The fourth-order valence-electron chi connectivity index (χ4n) is 3.66. The molecule has 1 heterocycles. The van der Waals surface area contributed by atoms with Gasteiger partial charge < -0.3 is 10.1 Å². The average Bonchev–Trinajstić information content (AvgIpc) is 2.98. The number of para-hydroxylation sites is 1. The van der Waals surface area contributed by atoms with Gasteiger partial charge in [0.15, 0.2) is 6.61 Å². The molecule has 3 rings (SSSR count). The van der Waals surface area contributed by atoms with Gasteiger partial charge in [0.2, 0.25) is 0 Å². The summed E-state index contributed by atoms with van der Waals surface area (Å²) in [6, 6.07) is 12.7. The number of ether oxygens (including phenoxy) is 1. The minimum atomic E-state index is -1.12. The number of nitrogens with one attached hydrogen (secondary N) is 1. The van der Waals surface area contributed by atoms with E-state index < -0.39 is 36.3 Å². The number of nitrogens with zero attached hydrogens (tertiary/aromatic N) is 1. The Hall–Kier alpha value is -3.48. The van der Waals surface area contributed by atoms with Gasteiger partial charge in [0.25, 0.3) is 17.7 Å². The first-order valence-corrected chi connectivity index (χ1v) is 10.2. The molecule has 7 nitrogen and oxygen atoms in total. The Labute approximate surface area is 181 Å². The molecule has 1 aliphatic rings. The molecule has 0 aromatic heterocycles. The Kier molecular flexibility index (Phi) is 6.53. The maximum atomic E-state index is 12.8. The molecule has 2 aromatic carbocycles. The smallest absolute Gasteiger partial charge is 0.330 e. The number of hydrogen-bond donors (Lipinski definition) is 1. The number of carbonyl (C=O) groups excluding carboxylic acids is 4. The van der Waals surface area contributed by atoms with Gasteiger partial charge in [-0.25, -0.2) is 4.79 Å². The Morgan fingerprint density at radius 2 is 1.45 bits per heavy atom. The van der Waals surface area contributed by atoms with Crippen molar-refractivity contribution in [1.82, 2.24) is 4.90 Å². The van der Waals surface area contributed by atoms with Crippen LogP contribution in [0.5, 0.6) is 0 Å². The number of imide groups is 1. The normalized spacial score (nSPS) is 14.1. The molecule has 2 aromatic rings. The highest BCUT2D eigenvalue weighted by atomic mass is 16.5. The van der Waals surface area contributed by atoms with E-state index in [4.69, 9.17) is 4.74 Å². The third kappa shape index (κ3) is 4.50. The van der Waals surface area contributed by atoms with Crippen LogP contribution in [-0.4, -0.2) is 41.2 Å². The molecule has 7 heteroatoms. The van der Waals surface area contributed by atoms with E-state index in [1.807, 2.05) is 32.0 Å². The van der Waals surface area contributed by atoms with E-state index in [1.54, 1.807) is 44.2 Å². The Morgan fingerprint density at radius 1 is 0.903 bits per heavy atom. The number of rotatable bonds is 7. The van der Waals surface area contributed by atoms with Crippen LogP contribution in [0, 0.1) is 5.92 Å². The Bertz CT molecular complexity index is 993. The summed E-state index contributed by atoms with van der Waals surface area (Å²) in [5.41, 5.74) is 2.13. The van der Waals surface area contributed by atoms with Crippen molar-refractivity contribution in [1.29, 1.82) is 0 Å². The minimum Gasteiger partial charge on any atom is -0.454 e. The van der Waals surface area contributed by atoms with Crippen molar-refractivity contribution in [2.75, 3.05) is 11.9 Å². The zero-order chi connectivity index (χ0) is 22.7. The predicted molar refractivity (Wildman–Crippen MR) is 116 cm³/mol. The molecular formula is C24H26N2O5. The molecule has 0 fully saturated rings. The molecule has 0 aliphatic carbocycles. The summed E-state index contributed by atoms with van der Waals surface area (Å²) in [7, 11) is 0. The molecule has 0 saturated carbocycles. The Morgan fingerprint density at radius 3 is 2.00 bits per heavy atom. The number of amides is 3. The summed E-state index contributed by atoms with van der Waals surface area (Å²) >= 11 is 0. The van der Waals surface area contributed by atoms with E-state index in [1.165, 1.54) is 0 Å². The largest absolute Gasteiger partial charge is 0.454 e. The van der Waals surface area contributed by atoms with E-state index in [0.29, 0.717) is 5.69 Å². The molecule has 1 aliphatic heterocycles. The van der Waals surface area contributed by atoms with Crippen LogP contribution in [0.15, 0.2) is 48.5 Å². The molecule has 0 saturated heterocycles. The van der Waals surface area contributed by atoms with Crippen LogP contribution < -0.4 is 5.32 Å². The maximum Gasteiger partial charge on any atom is 0.330 e. The van der Waals surface area contributed by atoms with Crippen molar-refractivity contribution in [2.45, 2.75) is 39.7 Å². The van der Waals surface area contributed by atoms with Gasteiger partial charge in [-0.1, -0.05) is 58.0 Å². The fraction of sp³-hybridized carbons (Fsp3) is 0.333. The topological polar surface area (TPSA) is 92.8 Å². The number of carbonyl (C=O) groups is 4. The molecule has 162 valence electrons. The van der Waals surface area contributed by atoms with Crippen LogP contribution in [0.4, 0.5) is 5.69 Å². The number of benzene rings is 2. The molecule has 0 radical (unpaired) electrons. The standard InChI is InChI=1S/C24H26N2O5/c1-14(2)16-9-7-8-12-19(16)25-20(27)13-31-24(30)21(15(3)4)26-22(28)17-10-5-6-11-18(17)23(26)29/h5-12,14-15,21H,13H2,1-4H3,(H,25,27)/t21-/m1/s1. The van der Waals surface area contributed by atoms with Crippen LogP contribution >= 0.6 is 0 Å².